The number of carbonyl (C=O) groups is 3. The maximum atomic E-state index is 12.2. The van der Waals surface area contributed by atoms with Crippen molar-refractivity contribution in [1.82, 2.24) is 4.90 Å². The minimum Gasteiger partial charge on any atom is -0.462 e. The summed E-state index contributed by atoms with van der Waals surface area (Å²) in [7, 11) is 0. The molecule has 0 spiro atoms. The smallest absolute Gasteiger partial charge is 0.350 e. The highest BCUT2D eigenvalue weighted by Gasteiger charge is 2.36. The van der Waals surface area contributed by atoms with Gasteiger partial charge in [0.25, 0.3) is 11.8 Å². The molecule has 0 radical (unpaired) electrons. The molecule has 2 rings (SSSR count). The van der Waals surface area contributed by atoms with Gasteiger partial charge in [-0.25, -0.2) is 9.69 Å². The molecule has 0 fully saturated rings. The number of fused-ring (bicyclic) bond motifs is 1. The fourth-order valence-electron chi connectivity index (χ4n) is 1.91. The van der Waals surface area contributed by atoms with E-state index < -0.39 is 23.4 Å². The number of nitriles is 1. The highest BCUT2D eigenvalue weighted by molar-refractivity contribution is 6.24. The highest BCUT2D eigenvalue weighted by atomic mass is 16.5. The van der Waals surface area contributed by atoms with Crippen molar-refractivity contribution < 1.29 is 19.1 Å². The SMILES string of the molecule is CCOC(=O)/C(C#N)=C/N1C(=O)c2cccc(N)c2C1=O. The molecule has 0 atom stereocenters. The van der Waals surface area contributed by atoms with Crippen molar-refractivity contribution in [3.05, 3.63) is 41.1 Å². The van der Waals surface area contributed by atoms with Crippen LogP contribution in [0.5, 0.6) is 0 Å². The fourth-order valence-corrected chi connectivity index (χ4v) is 1.91. The van der Waals surface area contributed by atoms with E-state index in [2.05, 4.69) is 4.74 Å². The first-order valence-corrected chi connectivity index (χ1v) is 6.06. The number of imide groups is 1. The first-order valence-electron chi connectivity index (χ1n) is 6.06. The van der Waals surface area contributed by atoms with E-state index >= 15 is 0 Å². The molecule has 7 nitrogen and oxygen atoms in total. The van der Waals surface area contributed by atoms with Crippen molar-refractivity contribution in [3.63, 3.8) is 0 Å². The molecule has 0 bridgehead atoms. The van der Waals surface area contributed by atoms with Crippen LogP contribution in [0.4, 0.5) is 5.69 Å². The minimum absolute atomic E-state index is 0.0694. The second-order valence-electron chi connectivity index (χ2n) is 4.13. The topological polar surface area (TPSA) is 113 Å². The molecule has 1 heterocycles. The maximum Gasteiger partial charge on any atom is 0.350 e. The lowest BCUT2D eigenvalue weighted by Crippen LogP contribution is -2.25. The van der Waals surface area contributed by atoms with Gasteiger partial charge in [-0.1, -0.05) is 6.07 Å². The van der Waals surface area contributed by atoms with Crippen molar-refractivity contribution in [2.75, 3.05) is 12.3 Å². The molecule has 0 saturated carbocycles. The second-order valence-corrected chi connectivity index (χ2v) is 4.13. The summed E-state index contributed by atoms with van der Waals surface area (Å²) < 4.78 is 4.67. The molecule has 1 aliphatic heterocycles. The first kappa shape index (κ1) is 14.3. The number of amides is 2. The number of esters is 1. The average molecular weight is 285 g/mol. The molecule has 1 aromatic rings. The summed E-state index contributed by atoms with van der Waals surface area (Å²) in [6.07, 6.45) is 0.877. The standard InChI is InChI=1S/C14H11N3O4/c1-2-21-14(20)8(6-15)7-17-12(18)9-4-3-5-10(16)11(9)13(17)19/h3-5,7H,2,16H2,1H3/b8-7+. The van der Waals surface area contributed by atoms with Crippen LogP contribution in [0.15, 0.2) is 30.0 Å². The zero-order valence-corrected chi connectivity index (χ0v) is 11.1. The lowest BCUT2D eigenvalue weighted by molar-refractivity contribution is -0.138. The molecular weight excluding hydrogens is 274 g/mol. The monoisotopic (exact) mass is 285 g/mol. The van der Waals surface area contributed by atoms with Crippen LogP contribution in [0.2, 0.25) is 0 Å². The van der Waals surface area contributed by atoms with E-state index in [1.165, 1.54) is 12.1 Å². The maximum absolute atomic E-state index is 12.2. The Labute approximate surface area is 120 Å². The van der Waals surface area contributed by atoms with Crippen LogP contribution in [0.3, 0.4) is 0 Å². The quantitative estimate of drug-likeness (QED) is 0.289. The van der Waals surface area contributed by atoms with Crippen LogP contribution >= 0.6 is 0 Å². The van der Waals surface area contributed by atoms with Gasteiger partial charge in [-0.2, -0.15) is 5.26 Å². The fraction of sp³-hybridized carbons (Fsp3) is 0.143. The number of benzene rings is 1. The number of carbonyl (C=O) groups excluding carboxylic acids is 3. The van der Waals surface area contributed by atoms with Crippen LogP contribution < -0.4 is 5.73 Å². The largest absolute Gasteiger partial charge is 0.462 e. The summed E-state index contributed by atoms with van der Waals surface area (Å²) in [6, 6.07) is 6.10. The van der Waals surface area contributed by atoms with Gasteiger partial charge >= 0.3 is 5.97 Å². The van der Waals surface area contributed by atoms with Gasteiger partial charge in [0.15, 0.2) is 5.57 Å². The zero-order chi connectivity index (χ0) is 15.6. The Morgan fingerprint density at radius 3 is 2.71 bits per heavy atom. The van der Waals surface area contributed by atoms with Gasteiger partial charge in [-0.3, -0.25) is 9.59 Å². The van der Waals surface area contributed by atoms with Crippen molar-refractivity contribution in [2.45, 2.75) is 6.92 Å². The third-order valence-electron chi connectivity index (χ3n) is 2.85. The molecule has 2 amide bonds. The van der Waals surface area contributed by atoms with Gasteiger partial charge in [0.1, 0.15) is 6.07 Å². The summed E-state index contributed by atoms with van der Waals surface area (Å²) in [5.74, 6) is -2.21. The van der Waals surface area contributed by atoms with Crippen molar-refractivity contribution in [1.29, 1.82) is 5.26 Å². The van der Waals surface area contributed by atoms with Crippen LogP contribution in [-0.4, -0.2) is 29.3 Å². The highest BCUT2D eigenvalue weighted by Crippen LogP contribution is 2.28. The summed E-state index contributed by atoms with van der Waals surface area (Å²) in [4.78, 5) is 36.5. The summed E-state index contributed by atoms with van der Waals surface area (Å²) >= 11 is 0. The molecule has 21 heavy (non-hydrogen) atoms. The van der Waals surface area contributed by atoms with Crippen LogP contribution in [0, 0.1) is 11.3 Å². The normalized spacial score (nSPS) is 13.9. The van der Waals surface area contributed by atoms with E-state index in [1.54, 1.807) is 19.1 Å². The van der Waals surface area contributed by atoms with Crippen molar-refractivity contribution in [3.8, 4) is 6.07 Å². The molecule has 106 valence electrons. The number of anilines is 1. The van der Waals surface area contributed by atoms with Gasteiger partial charge in [-0.05, 0) is 19.1 Å². The number of nitrogen functional groups attached to an aromatic ring is 1. The van der Waals surface area contributed by atoms with E-state index in [-0.39, 0.29) is 23.4 Å². The Hall–Kier alpha value is -3.14. The van der Waals surface area contributed by atoms with E-state index in [4.69, 9.17) is 11.0 Å². The Morgan fingerprint density at radius 2 is 2.14 bits per heavy atom. The first-order chi connectivity index (χ1) is 10.0. The number of hydrogen-bond donors (Lipinski definition) is 1. The molecule has 1 aromatic carbocycles. The Morgan fingerprint density at radius 1 is 1.43 bits per heavy atom. The third kappa shape index (κ3) is 2.34. The summed E-state index contributed by atoms with van der Waals surface area (Å²) in [5.41, 5.74) is 5.61. The van der Waals surface area contributed by atoms with Gasteiger partial charge < -0.3 is 10.5 Å². The van der Waals surface area contributed by atoms with Gasteiger partial charge in [0, 0.05) is 11.9 Å². The molecule has 2 N–H and O–H groups in total. The Balaban J connectivity index is 2.43. The van der Waals surface area contributed by atoms with Crippen LogP contribution in [0.1, 0.15) is 27.6 Å². The number of rotatable bonds is 3. The predicted molar refractivity (Wildman–Crippen MR) is 71.7 cm³/mol. The zero-order valence-electron chi connectivity index (χ0n) is 11.1. The number of nitrogens with two attached hydrogens (primary N) is 1. The number of nitrogens with zero attached hydrogens (tertiary/aromatic N) is 2. The third-order valence-corrected chi connectivity index (χ3v) is 2.85. The molecule has 0 aromatic heterocycles. The Bertz CT molecular complexity index is 715. The second kappa shape index (κ2) is 5.46. The minimum atomic E-state index is -0.899. The van der Waals surface area contributed by atoms with E-state index in [0.717, 1.165) is 6.20 Å². The lowest BCUT2D eigenvalue weighted by Gasteiger charge is -2.08. The average Bonchev–Trinajstić information content (AvgIpc) is 2.70. The molecule has 0 saturated heterocycles. The molecule has 1 aliphatic rings. The lowest BCUT2D eigenvalue weighted by atomic mass is 10.1. The van der Waals surface area contributed by atoms with E-state index in [1.807, 2.05) is 0 Å². The molecule has 0 aliphatic carbocycles. The van der Waals surface area contributed by atoms with Gasteiger partial charge in [0.05, 0.1) is 17.7 Å². The van der Waals surface area contributed by atoms with Crippen molar-refractivity contribution in [2.24, 2.45) is 0 Å². The number of ether oxygens (including phenoxy) is 1. The summed E-state index contributed by atoms with van der Waals surface area (Å²) in [6.45, 7) is 1.66. The van der Waals surface area contributed by atoms with Gasteiger partial charge in [0.2, 0.25) is 0 Å². The van der Waals surface area contributed by atoms with E-state index in [9.17, 15) is 14.4 Å². The molecular formula is C14H11N3O4. The Kier molecular flexibility index (Phi) is 3.71. The summed E-state index contributed by atoms with van der Waals surface area (Å²) in [5, 5.41) is 8.93. The predicted octanol–water partition coefficient (Wildman–Crippen LogP) is 0.835. The van der Waals surface area contributed by atoms with E-state index in [0.29, 0.717) is 4.90 Å². The number of hydrogen-bond acceptors (Lipinski definition) is 6. The van der Waals surface area contributed by atoms with Crippen molar-refractivity contribution >= 4 is 23.5 Å². The van der Waals surface area contributed by atoms with Crippen LogP contribution in [-0.2, 0) is 9.53 Å². The van der Waals surface area contributed by atoms with Crippen LogP contribution in [0.25, 0.3) is 0 Å². The molecule has 7 heteroatoms. The van der Waals surface area contributed by atoms with Gasteiger partial charge in [-0.15, -0.1) is 0 Å². The molecule has 0 unspecified atom stereocenters.